The van der Waals surface area contributed by atoms with Crippen molar-refractivity contribution in [3.63, 3.8) is 0 Å². The highest BCUT2D eigenvalue weighted by Gasteiger charge is 2.33. The van der Waals surface area contributed by atoms with Crippen molar-refractivity contribution >= 4 is 49.5 Å². The number of hydrogen-bond donors (Lipinski definition) is 2. The van der Waals surface area contributed by atoms with Gasteiger partial charge in [0.1, 0.15) is 11.5 Å². The molecule has 3 aromatic carbocycles. The molecule has 1 atom stereocenters. The Morgan fingerprint density at radius 3 is 2.56 bits per heavy atom. The number of aromatic nitrogens is 1. The summed E-state index contributed by atoms with van der Waals surface area (Å²) < 4.78 is 43.0. The summed E-state index contributed by atoms with van der Waals surface area (Å²) in [5.74, 6) is -0.408. The maximum Gasteiger partial charge on any atom is 0.273 e. The molecular weight excluding hydrogens is 499 g/mol. The van der Waals surface area contributed by atoms with E-state index in [1.165, 1.54) is 48.2 Å². The van der Waals surface area contributed by atoms with Gasteiger partial charge in [-0.2, -0.15) is 0 Å². The number of aliphatic imine (C=N–C) groups is 1. The van der Waals surface area contributed by atoms with Crippen LogP contribution in [0.3, 0.4) is 0 Å². The van der Waals surface area contributed by atoms with Gasteiger partial charge in [-0.1, -0.05) is 48.2 Å². The number of nitrogens with one attached hydrogen (secondary N) is 1. The number of para-hydroxylation sites is 1. The number of amides is 1. The maximum atomic E-state index is 14.8. The molecule has 1 unspecified atom stereocenters. The summed E-state index contributed by atoms with van der Waals surface area (Å²) in [6.07, 6.45) is 0.580. The molecule has 3 N–H and O–H groups in total. The number of carbonyl (C=O) groups is 1. The Bertz CT molecular complexity index is 1620. The first-order valence-corrected chi connectivity index (χ1v) is 13.6. The van der Waals surface area contributed by atoms with Gasteiger partial charge in [0.15, 0.2) is 5.17 Å². The average molecular weight is 523 g/mol. The van der Waals surface area contributed by atoms with Crippen LogP contribution >= 0.6 is 11.8 Å². The third-order valence-electron chi connectivity index (χ3n) is 6.18. The minimum absolute atomic E-state index is 0.0583. The lowest BCUT2D eigenvalue weighted by Crippen LogP contribution is -2.30. The van der Waals surface area contributed by atoms with E-state index in [2.05, 4.69) is 10.3 Å². The van der Waals surface area contributed by atoms with Crippen LogP contribution in [0.2, 0.25) is 0 Å². The number of rotatable bonds is 5. The van der Waals surface area contributed by atoms with Gasteiger partial charge >= 0.3 is 0 Å². The van der Waals surface area contributed by atoms with Crippen LogP contribution in [0, 0.1) is 5.82 Å². The second kappa shape index (κ2) is 9.11. The first-order chi connectivity index (χ1) is 17.2. The molecule has 0 aliphatic carbocycles. The standard InChI is InChI=1S/C26H23FN4O3S2/c1-26(13-14-35-25(28)30-26)20-16-18(11-12-21(20)27)29-24(32)23-15-17-7-5-6-10-22(17)31(23)36(33,34)19-8-3-2-4-9-19/h2-12,15-16H,13-14H2,1H3,(H2,28,30)(H,29,32). The van der Waals surface area contributed by atoms with Gasteiger partial charge in [0.2, 0.25) is 0 Å². The van der Waals surface area contributed by atoms with Crippen LogP contribution in [0.1, 0.15) is 29.4 Å². The lowest BCUT2D eigenvalue weighted by atomic mass is 9.89. The lowest BCUT2D eigenvalue weighted by Gasteiger charge is -2.30. The van der Waals surface area contributed by atoms with Crippen LogP contribution in [0.25, 0.3) is 10.9 Å². The van der Waals surface area contributed by atoms with Crippen LogP contribution in [-0.2, 0) is 15.6 Å². The Morgan fingerprint density at radius 2 is 1.81 bits per heavy atom. The number of thioether (sulfide) groups is 1. The van der Waals surface area contributed by atoms with Crippen LogP contribution in [0.4, 0.5) is 10.1 Å². The van der Waals surface area contributed by atoms with E-state index in [0.717, 1.165) is 3.97 Å². The van der Waals surface area contributed by atoms with Crippen molar-refractivity contribution in [3.05, 3.63) is 95.9 Å². The molecule has 10 heteroatoms. The quantitative estimate of drug-likeness (QED) is 0.386. The zero-order valence-electron chi connectivity index (χ0n) is 19.3. The molecule has 1 aliphatic rings. The number of nitrogens with zero attached hydrogens (tertiary/aromatic N) is 2. The lowest BCUT2D eigenvalue weighted by molar-refractivity contribution is 0.102. The van der Waals surface area contributed by atoms with E-state index in [-0.39, 0.29) is 10.6 Å². The molecule has 1 aromatic heterocycles. The normalized spacial score (nSPS) is 18.1. The van der Waals surface area contributed by atoms with Crippen molar-refractivity contribution in [1.82, 2.24) is 3.97 Å². The Morgan fingerprint density at radius 1 is 1.08 bits per heavy atom. The van der Waals surface area contributed by atoms with E-state index in [9.17, 15) is 17.6 Å². The number of amidine groups is 1. The van der Waals surface area contributed by atoms with Gasteiger partial charge in [0.25, 0.3) is 15.9 Å². The molecule has 1 aliphatic heterocycles. The van der Waals surface area contributed by atoms with Crippen molar-refractivity contribution in [3.8, 4) is 0 Å². The first kappa shape index (κ1) is 24.1. The van der Waals surface area contributed by atoms with Gasteiger partial charge in [0, 0.05) is 22.4 Å². The third-order valence-corrected chi connectivity index (χ3v) is 8.72. The SMILES string of the molecule is CC1(c2cc(NC(=O)c3cc4ccccc4n3S(=O)(=O)c3ccccc3)ccc2F)CCSC(N)=N1. The van der Waals surface area contributed by atoms with Crippen molar-refractivity contribution in [2.75, 3.05) is 11.1 Å². The van der Waals surface area contributed by atoms with Crippen LogP contribution < -0.4 is 11.1 Å². The highest BCUT2D eigenvalue weighted by Crippen LogP contribution is 2.37. The molecule has 4 aromatic rings. The first-order valence-electron chi connectivity index (χ1n) is 11.2. The van der Waals surface area contributed by atoms with E-state index >= 15 is 0 Å². The predicted octanol–water partition coefficient (Wildman–Crippen LogP) is 4.94. The molecular formula is C26H23FN4O3S2. The largest absolute Gasteiger partial charge is 0.379 e. The van der Waals surface area contributed by atoms with Gasteiger partial charge < -0.3 is 11.1 Å². The summed E-state index contributed by atoms with van der Waals surface area (Å²) in [6.45, 7) is 1.80. The number of nitrogens with two attached hydrogens (primary N) is 1. The van der Waals surface area contributed by atoms with Gasteiger partial charge in [-0.15, -0.1) is 0 Å². The summed E-state index contributed by atoms with van der Waals surface area (Å²) in [6, 6.07) is 20.5. The number of carbonyl (C=O) groups excluding carboxylic acids is 1. The van der Waals surface area contributed by atoms with E-state index in [1.807, 2.05) is 0 Å². The fourth-order valence-corrected chi connectivity index (χ4v) is 6.84. The predicted molar refractivity (Wildman–Crippen MR) is 141 cm³/mol. The summed E-state index contributed by atoms with van der Waals surface area (Å²) in [5.41, 5.74) is 5.97. The highest BCUT2D eigenvalue weighted by molar-refractivity contribution is 8.13. The maximum absolute atomic E-state index is 14.8. The van der Waals surface area contributed by atoms with Crippen LogP contribution in [0.15, 0.2) is 88.8 Å². The van der Waals surface area contributed by atoms with Crippen molar-refractivity contribution in [1.29, 1.82) is 0 Å². The smallest absolute Gasteiger partial charge is 0.273 e. The Labute approximate surface area is 212 Å². The number of anilines is 1. The molecule has 0 fully saturated rings. The fraction of sp³-hybridized carbons (Fsp3) is 0.154. The Balaban J connectivity index is 1.57. The van der Waals surface area contributed by atoms with Gasteiger partial charge in [-0.25, -0.2) is 16.8 Å². The molecule has 1 amide bonds. The summed E-state index contributed by atoms with van der Waals surface area (Å²) in [7, 11) is -4.08. The summed E-state index contributed by atoms with van der Waals surface area (Å²) in [4.78, 5) is 18.0. The molecule has 0 spiro atoms. The number of benzene rings is 3. The van der Waals surface area contributed by atoms with Crippen molar-refractivity contribution in [2.24, 2.45) is 10.7 Å². The molecule has 2 heterocycles. The zero-order valence-corrected chi connectivity index (χ0v) is 20.9. The summed E-state index contributed by atoms with van der Waals surface area (Å²) >= 11 is 1.41. The number of hydrogen-bond acceptors (Lipinski definition) is 6. The van der Waals surface area contributed by atoms with Gasteiger partial charge in [-0.05, 0) is 55.8 Å². The molecule has 0 radical (unpaired) electrons. The molecule has 36 heavy (non-hydrogen) atoms. The van der Waals surface area contributed by atoms with Crippen LogP contribution in [0.5, 0.6) is 0 Å². The van der Waals surface area contributed by atoms with E-state index in [1.54, 1.807) is 49.4 Å². The molecule has 0 saturated carbocycles. The molecule has 0 bridgehead atoms. The number of halogens is 1. The zero-order chi connectivity index (χ0) is 25.5. The monoisotopic (exact) mass is 522 g/mol. The topological polar surface area (TPSA) is 107 Å². The van der Waals surface area contributed by atoms with Crippen molar-refractivity contribution in [2.45, 2.75) is 23.8 Å². The highest BCUT2D eigenvalue weighted by atomic mass is 32.2. The second-order valence-electron chi connectivity index (χ2n) is 8.64. The Hall–Kier alpha value is -3.63. The van der Waals surface area contributed by atoms with E-state index in [0.29, 0.717) is 39.5 Å². The Kier molecular flexibility index (Phi) is 6.09. The van der Waals surface area contributed by atoms with Crippen molar-refractivity contribution < 1.29 is 17.6 Å². The average Bonchev–Trinajstić information content (AvgIpc) is 3.26. The minimum atomic E-state index is -4.08. The second-order valence-corrected chi connectivity index (χ2v) is 11.5. The number of fused-ring (bicyclic) bond motifs is 1. The molecule has 184 valence electrons. The minimum Gasteiger partial charge on any atom is -0.379 e. The fourth-order valence-electron chi connectivity index (χ4n) is 4.34. The van der Waals surface area contributed by atoms with Gasteiger partial charge in [0.05, 0.1) is 16.0 Å². The third kappa shape index (κ3) is 4.27. The molecule has 7 nitrogen and oxygen atoms in total. The van der Waals surface area contributed by atoms with Gasteiger partial charge in [-0.3, -0.25) is 9.79 Å². The molecule has 5 rings (SSSR count). The van der Waals surface area contributed by atoms with Crippen LogP contribution in [-0.4, -0.2) is 29.2 Å². The molecule has 0 saturated heterocycles. The van der Waals surface area contributed by atoms with E-state index in [4.69, 9.17) is 5.73 Å². The van der Waals surface area contributed by atoms with E-state index < -0.39 is 27.3 Å². The summed E-state index contributed by atoms with van der Waals surface area (Å²) in [5, 5.41) is 3.72.